The highest BCUT2D eigenvalue weighted by atomic mass is 32.2. The number of morpholine rings is 1. The van der Waals surface area contributed by atoms with Gasteiger partial charge in [-0.15, -0.1) is 0 Å². The zero-order valence-corrected chi connectivity index (χ0v) is 14.2. The molecule has 0 spiro atoms. The third-order valence-corrected chi connectivity index (χ3v) is 6.23. The lowest BCUT2D eigenvalue weighted by molar-refractivity contribution is 0.0119. The van der Waals surface area contributed by atoms with Crippen LogP contribution in [0.5, 0.6) is 0 Å². The zero-order chi connectivity index (χ0) is 15.3. The normalized spacial score (nSPS) is 28.6. The molecular formula is C15H30N2O3S. The van der Waals surface area contributed by atoms with Crippen molar-refractivity contribution in [2.75, 3.05) is 44.4 Å². The lowest BCUT2D eigenvalue weighted by Crippen LogP contribution is -2.51. The Morgan fingerprint density at radius 2 is 2.00 bits per heavy atom. The van der Waals surface area contributed by atoms with Gasteiger partial charge < -0.3 is 10.1 Å². The van der Waals surface area contributed by atoms with E-state index in [-0.39, 0.29) is 6.04 Å². The Morgan fingerprint density at radius 1 is 1.29 bits per heavy atom. The molecule has 0 amide bonds. The van der Waals surface area contributed by atoms with Gasteiger partial charge in [0.2, 0.25) is 0 Å². The molecule has 1 N–H and O–H groups in total. The first kappa shape index (κ1) is 17.2. The molecule has 21 heavy (non-hydrogen) atoms. The molecule has 0 aromatic carbocycles. The summed E-state index contributed by atoms with van der Waals surface area (Å²) in [5, 5.41) is 3.52. The maximum absolute atomic E-state index is 11.7. The molecule has 5 nitrogen and oxygen atoms in total. The van der Waals surface area contributed by atoms with Gasteiger partial charge >= 0.3 is 0 Å². The molecule has 2 heterocycles. The largest absolute Gasteiger partial charge is 0.379 e. The molecule has 2 unspecified atom stereocenters. The van der Waals surface area contributed by atoms with Crippen molar-refractivity contribution < 1.29 is 13.2 Å². The van der Waals surface area contributed by atoms with Crippen molar-refractivity contribution in [1.82, 2.24) is 10.2 Å². The fourth-order valence-electron chi connectivity index (χ4n) is 3.33. The van der Waals surface area contributed by atoms with Crippen LogP contribution in [0.1, 0.15) is 33.1 Å². The average Bonchev–Trinajstić information content (AvgIpc) is 2.43. The third kappa shape index (κ3) is 5.85. The molecule has 2 fully saturated rings. The van der Waals surface area contributed by atoms with Crippen LogP contribution >= 0.6 is 0 Å². The SMILES string of the molecule is CC(C)CC(CNC1CCCS(=O)(=O)C1)N1CCOCC1. The van der Waals surface area contributed by atoms with E-state index in [1.54, 1.807) is 0 Å². The smallest absolute Gasteiger partial charge is 0.151 e. The minimum absolute atomic E-state index is 0.138. The Labute approximate surface area is 129 Å². The fourth-order valence-corrected chi connectivity index (χ4v) is 5.01. The van der Waals surface area contributed by atoms with Crippen LogP contribution in [0.15, 0.2) is 0 Å². The molecule has 124 valence electrons. The number of ether oxygens (including phenoxy) is 1. The van der Waals surface area contributed by atoms with Crippen LogP contribution in [-0.4, -0.2) is 69.8 Å². The highest BCUT2D eigenvalue weighted by Gasteiger charge is 2.27. The van der Waals surface area contributed by atoms with Gasteiger partial charge in [0.05, 0.1) is 24.7 Å². The van der Waals surface area contributed by atoms with E-state index in [0.29, 0.717) is 23.5 Å². The molecule has 0 aliphatic carbocycles. The van der Waals surface area contributed by atoms with E-state index in [0.717, 1.165) is 52.1 Å². The summed E-state index contributed by atoms with van der Waals surface area (Å²) < 4.78 is 28.9. The molecule has 0 aromatic heterocycles. The zero-order valence-electron chi connectivity index (χ0n) is 13.4. The van der Waals surface area contributed by atoms with Crippen LogP contribution in [0.4, 0.5) is 0 Å². The molecule has 0 radical (unpaired) electrons. The number of hydrogen-bond donors (Lipinski definition) is 1. The van der Waals surface area contributed by atoms with Crippen molar-refractivity contribution in [1.29, 1.82) is 0 Å². The monoisotopic (exact) mass is 318 g/mol. The molecule has 0 bridgehead atoms. The lowest BCUT2D eigenvalue weighted by atomic mass is 10.0. The summed E-state index contributed by atoms with van der Waals surface area (Å²) in [5.41, 5.74) is 0. The Balaban J connectivity index is 1.85. The predicted molar refractivity (Wildman–Crippen MR) is 85.3 cm³/mol. The Kier molecular flexibility index (Phi) is 6.47. The van der Waals surface area contributed by atoms with E-state index >= 15 is 0 Å². The fraction of sp³-hybridized carbons (Fsp3) is 1.00. The van der Waals surface area contributed by atoms with Crippen molar-refractivity contribution in [2.24, 2.45) is 5.92 Å². The summed E-state index contributed by atoms with van der Waals surface area (Å²) in [6, 6.07) is 0.623. The van der Waals surface area contributed by atoms with Crippen molar-refractivity contribution in [2.45, 2.75) is 45.2 Å². The van der Waals surface area contributed by atoms with Crippen LogP contribution in [0.3, 0.4) is 0 Å². The van der Waals surface area contributed by atoms with Gasteiger partial charge in [-0.2, -0.15) is 0 Å². The minimum atomic E-state index is -2.82. The van der Waals surface area contributed by atoms with E-state index in [4.69, 9.17) is 4.74 Å². The van der Waals surface area contributed by atoms with Gasteiger partial charge in [-0.05, 0) is 25.2 Å². The Hall–Kier alpha value is -0.170. The van der Waals surface area contributed by atoms with Gasteiger partial charge in [-0.3, -0.25) is 4.90 Å². The summed E-state index contributed by atoms with van der Waals surface area (Å²) in [6.07, 6.45) is 2.93. The van der Waals surface area contributed by atoms with Crippen molar-refractivity contribution in [3.05, 3.63) is 0 Å². The van der Waals surface area contributed by atoms with Gasteiger partial charge in [0.25, 0.3) is 0 Å². The average molecular weight is 318 g/mol. The number of nitrogens with zero attached hydrogens (tertiary/aromatic N) is 1. The van der Waals surface area contributed by atoms with Gasteiger partial charge in [0.1, 0.15) is 0 Å². The highest BCUT2D eigenvalue weighted by Crippen LogP contribution is 2.15. The minimum Gasteiger partial charge on any atom is -0.379 e. The van der Waals surface area contributed by atoms with Crippen LogP contribution in [0, 0.1) is 5.92 Å². The maximum Gasteiger partial charge on any atom is 0.151 e. The van der Waals surface area contributed by atoms with Gasteiger partial charge in [0.15, 0.2) is 9.84 Å². The molecule has 2 rings (SSSR count). The highest BCUT2D eigenvalue weighted by molar-refractivity contribution is 7.91. The first-order valence-corrected chi connectivity index (χ1v) is 10.0. The summed E-state index contributed by atoms with van der Waals surface area (Å²) in [5.74, 6) is 1.32. The second-order valence-corrected chi connectivity index (χ2v) is 9.02. The first-order chi connectivity index (χ1) is 9.96. The number of nitrogens with one attached hydrogen (secondary N) is 1. The van der Waals surface area contributed by atoms with E-state index in [1.807, 2.05) is 0 Å². The van der Waals surface area contributed by atoms with Gasteiger partial charge in [-0.1, -0.05) is 13.8 Å². The Morgan fingerprint density at radius 3 is 2.62 bits per heavy atom. The predicted octanol–water partition coefficient (Wildman–Crippen LogP) is 0.900. The standard InChI is InChI=1S/C15H30N2O3S/c1-13(2)10-15(17-5-7-20-8-6-17)11-16-14-4-3-9-21(18,19)12-14/h13-16H,3-12H2,1-2H3. The van der Waals surface area contributed by atoms with Crippen molar-refractivity contribution in [3.63, 3.8) is 0 Å². The second kappa shape index (κ2) is 7.90. The summed E-state index contributed by atoms with van der Waals surface area (Å²) in [4.78, 5) is 2.49. The summed E-state index contributed by atoms with van der Waals surface area (Å²) >= 11 is 0. The maximum atomic E-state index is 11.7. The molecule has 2 aliphatic rings. The number of sulfone groups is 1. The van der Waals surface area contributed by atoms with E-state index in [9.17, 15) is 8.42 Å². The number of rotatable bonds is 6. The van der Waals surface area contributed by atoms with Gasteiger partial charge in [0, 0.05) is 31.7 Å². The topological polar surface area (TPSA) is 58.6 Å². The van der Waals surface area contributed by atoms with Crippen LogP contribution in [-0.2, 0) is 14.6 Å². The Bertz CT molecular complexity index is 405. The number of hydrogen-bond acceptors (Lipinski definition) is 5. The molecule has 2 aliphatic heterocycles. The van der Waals surface area contributed by atoms with Crippen LogP contribution in [0.25, 0.3) is 0 Å². The summed E-state index contributed by atoms with van der Waals surface area (Å²) in [7, 11) is -2.82. The third-order valence-electron chi connectivity index (χ3n) is 4.41. The molecule has 0 aromatic rings. The van der Waals surface area contributed by atoms with Crippen LogP contribution < -0.4 is 5.32 Å². The van der Waals surface area contributed by atoms with E-state index in [2.05, 4.69) is 24.1 Å². The second-order valence-electron chi connectivity index (χ2n) is 6.79. The molecule has 6 heteroatoms. The molecule has 0 saturated carbocycles. The molecule has 2 saturated heterocycles. The van der Waals surface area contributed by atoms with Crippen molar-refractivity contribution in [3.8, 4) is 0 Å². The van der Waals surface area contributed by atoms with E-state index in [1.165, 1.54) is 0 Å². The quantitative estimate of drug-likeness (QED) is 0.788. The molecule has 2 atom stereocenters. The lowest BCUT2D eigenvalue weighted by Gasteiger charge is -2.36. The molecular weight excluding hydrogens is 288 g/mol. The summed E-state index contributed by atoms with van der Waals surface area (Å²) in [6.45, 7) is 8.98. The first-order valence-electron chi connectivity index (χ1n) is 8.22. The van der Waals surface area contributed by atoms with Crippen molar-refractivity contribution >= 4 is 9.84 Å². The van der Waals surface area contributed by atoms with Crippen LogP contribution in [0.2, 0.25) is 0 Å². The van der Waals surface area contributed by atoms with Gasteiger partial charge in [-0.25, -0.2) is 8.42 Å². The van der Waals surface area contributed by atoms with E-state index < -0.39 is 9.84 Å².